The molecule has 0 unspecified atom stereocenters. The summed E-state index contributed by atoms with van der Waals surface area (Å²) in [6.07, 6.45) is 2.18. The molecule has 0 aromatic carbocycles. The van der Waals surface area contributed by atoms with Gasteiger partial charge in [-0.3, -0.25) is 4.79 Å². The number of rotatable bonds is 4. The highest BCUT2D eigenvalue weighted by Gasteiger charge is 2.16. The maximum Gasteiger partial charge on any atom is 0.311 e. The second-order valence-electron chi connectivity index (χ2n) is 4.21. The lowest BCUT2D eigenvalue weighted by atomic mass is 10.2. The van der Waals surface area contributed by atoms with E-state index in [2.05, 4.69) is 11.1 Å². The lowest BCUT2D eigenvalue weighted by Crippen LogP contribution is -2.09. The lowest BCUT2D eigenvalue weighted by molar-refractivity contribution is -0.142. The van der Waals surface area contributed by atoms with Crippen molar-refractivity contribution in [3.05, 3.63) is 35.3 Å². The normalized spacial score (nSPS) is 10.4. The molecule has 0 radical (unpaired) electrons. The van der Waals surface area contributed by atoms with Crippen molar-refractivity contribution in [2.45, 2.75) is 26.7 Å². The van der Waals surface area contributed by atoms with Crippen LogP contribution in [0.15, 0.2) is 18.3 Å². The number of imidazole rings is 1. The molecule has 0 bridgehead atoms. The first kappa shape index (κ1) is 13.1. The number of hydrogen-bond acceptors (Lipinski definition) is 4. The number of hydrogen-bond donors (Lipinski definition) is 0. The third-order valence-electron chi connectivity index (χ3n) is 2.89. The number of aryl methyl sites for hydroxylation is 1. The van der Waals surface area contributed by atoms with Gasteiger partial charge in [0.15, 0.2) is 0 Å². The summed E-state index contributed by atoms with van der Waals surface area (Å²) in [4.78, 5) is 16.0. The van der Waals surface area contributed by atoms with Gasteiger partial charge < -0.3 is 9.14 Å². The van der Waals surface area contributed by atoms with Gasteiger partial charge in [-0.25, -0.2) is 4.98 Å². The van der Waals surface area contributed by atoms with Gasteiger partial charge in [0.2, 0.25) is 0 Å². The average molecular weight is 257 g/mol. The molecule has 0 spiro atoms. The van der Waals surface area contributed by atoms with Crippen LogP contribution in [0.4, 0.5) is 0 Å². The fourth-order valence-corrected chi connectivity index (χ4v) is 2.05. The van der Waals surface area contributed by atoms with Gasteiger partial charge in [-0.15, -0.1) is 0 Å². The first-order chi connectivity index (χ1) is 9.17. The largest absolute Gasteiger partial charge is 0.466 e. The summed E-state index contributed by atoms with van der Waals surface area (Å²) in [7, 11) is 0. The van der Waals surface area contributed by atoms with Crippen molar-refractivity contribution in [2.75, 3.05) is 6.61 Å². The molecule has 5 nitrogen and oxygen atoms in total. The quantitative estimate of drug-likeness (QED) is 0.783. The first-order valence-corrected chi connectivity index (χ1v) is 6.15. The summed E-state index contributed by atoms with van der Waals surface area (Å²) >= 11 is 0. The van der Waals surface area contributed by atoms with Crippen molar-refractivity contribution in [1.82, 2.24) is 9.38 Å². The van der Waals surface area contributed by atoms with E-state index in [9.17, 15) is 4.79 Å². The van der Waals surface area contributed by atoms with Crippen LogP contribution in [0.2, 0.25) is 0 Å². The molecule has 0 aliphatic rings. The monoisotopic (exact) mass is 257 g/mol. The Morgan fingerprint density at radius 1 is 1.58 bits per heavy atom. The van der Waals surface area contributed by atoms with Crippen molar-refractivity contribution in [2.24, 2.45) is 0 Å². The smallest absolute Gasteiger partial charge is 0.311 e. The Hall–Kier alpha value is -2.35. The molecule has 19 heavy (non-hydrogen) atoms. The third-order valence-corrected chi connectivity index (χ3v) is 2.89. The Morgan fingerprint density at radius 3 is 3.05 bits per heavy atom. The van der Waals surface area contributed by atoms with Crippen LogP contribution in [0.25, 0.3) is 5.65 Å². The molecule has 5 heteroatoms. The van der Waals surface area contributed by atoms with Crippen molar-refractivity contribution in [1.29, 1.82) is 5.26 Å². The number of pyridine rings is 1. The van der Waals surface area contributed by atoms with Gasteiger partial charge >= 0.3 is 5.97 Å². The topological polar surface area (TPSA) is 67.4 Å². The number of fused-ring (bicyclic) bond motifs is 1. The molecule has 98 valence electrons. The molecular formula is C14H15N3O2. The highest BCUT2D eigenvalue weighted by atomic mass is 16.5. The second-order valence-corrected chi connectivity index (χ2v) is 4.21. The van der Waals surface area contributed by atoms with E-state index in [-0.39, 0.29) is 18.8 Å². The summed E-state index contributed by atoms with van der Waals surface area (Å²) < 4.78 is 6.80. The first-order valence-electron chi connectivity index (χ1n) is 6.15. The molecule has 0 amide bonds. The maximum absolute atomic E-state index is 11.6. The summed E-state index contributed by atoms with van der Waals surface area (Å²) in [5.41, 5.74) is 3.17. The SMILES string of the molecule is CCOC(=O)Cc1nc2c(C)cccn2c1CC#N. The molecular weight excluding hydrogens is 242 g/mol. The van der Waals surface area contributed by atoms with E-state index >= 15 is 0 Å². The molecule has 0 N–H and O–H groups in total. The van der Waals surface area contributed by atoms with E-state index in [1.165, 1.54) is 0 Å². The van der Waals surface area contributed by atoms with Gasteiger partial charge in [0.1, 0.15) is 5.65 Å². The van der Waals surface area contributed by atoms with Gasteiger partial charge in [-0.2, -0.15) is 5.26 Å². The van der Waals surface area contributed by atoms with E-state index in [0.717, 1.165) is 16.9 Å². The third kappa shape index (κ3) is 2.58. The molecule has 2 aromatic rings. The highest BCUT2D eigenvalue weighted by Crippen LogP contribution is 2.17. The average Bonchev–Trinajstić information content (AvgIpc) is 2.70. The molecule has 2 rings (SSSR count). The van der Waals surface area contributed by atoms with E-state index in [0.29, 0.717) is 12.3 Å². The highest BCUT2D eigenvalue weighted by molar-refractivity contribution is 5.73. The van der Waals surface area contributed by atoms with Crippen molar-refractivity contribution < 1.29 is 9.53 Å². The Labute approximate surface area is 111 Å². The molecule has 0 aliphatic carbocycles. The standard InChI is InChI=1S/C14H15N3O2/c1-3-19-13(18)9-11-12(6-7-15)17-8-4-5-10(2)14(17)16-11/h4-5,8H,3,6,9H2,1-2H3. The second kappa shape index (κ2) is 5.53. The number of carbonyl (C=O) groups excluding carboxylic acids is 1. The zero-order chi connectivity index (χ0) is 13.8. The molecule has 2 heterocycles. The molecule has 0 fully saturated rings. The summed E-state index contributed by atoms with van der Waals surface area (Å²) in [6, 6.07) is 5.97. The summed E-state index contributed by atoms with van der Waals surface area (Å²) in [5.74, 6) is -0.317. The summed E-state index contributed by atoms with van der Waals surface area (Å²) in [5, 5.41) is 8.92. The van der Waals surface area contributed by atoms with Crippen LogP contribution in [0.5, 0.6) is 0 Å². The Bertz CT molecular complexity index is 652. The minimum absolute atomic E-state index is 0.103. The number of nitriles is 1. The van der Waals surface area contributed by atoms with Crippen LogP contribution in [-0.4, -0.2) is 22.0 Å². The fourth-order valence-electron chi connectivity index (χ4n) is 2.05. The van der Waals surface area contributed by atoms with E-state index < -0.39 is 0 Å². The van der Waals surface area contributed by atoms with Gasteiger partial charge in [-0.1, -0.05) is 6.07 Å². The number of ether oxygens (including phenoxy) is 1. The van der Waals surface area contributed by atoms with Crippen molar-refractivity contribution >= 4 is 11.6 Å². The summed E-state index contributed by atoms with van der Waals surface area (Å²) in [6.45, 7) is 4.06. The molecule has 0 aliphatic heterocycles. The predicted octanol–water partition coefficient (Wildman–Crippen LogP) is 1.81. The lowest BCUT2D eigenvalue weighted by Gasteiger charge is -2.02. The van der Waals surface area contributed by atoms with Crippen molar-refractivity contribution in [3.63, 3.8) is 0 Å². The minimum atomic E-state index is -0.317. The minimum Gasteiger partial charge on any atom is -0.466 e. The van der Waals surface area contributed by atoms with Gasteiger partial charge in [0.05, 0.1) is 36.9 Å². The number of aromatic nitrogens is 2. The number of nitrogens with zero attached hydrogens (tertiary/aromatic N) is 3. The maximum atomic E-state index is 11.6. The number of esters is 1. The van der Waals surface area contributed by atoms with Crippen LogP contribution >= 0.6 is 0 Å². The molecule has 0 atom stereocenters. The molecule has 0 saturated heterocycles. The van der Waals surface area contributed by atoms with E-state index in [1.807, 2.05) is 29.7 Å². The van der Waals surface area contributed by atoms with Crippen LogP contribution in [0.3, 0.4) is 0 Å². The van der Waals surface area contributed by atoms with Crippen LogP contribution in [-0.2, 0) is 22.4 Å². The van der Waals surface area contributed by atoms with Crippen molar-refractivity contribution in [3.8, 4) is 6.07 Å². The zero-order valence-electron chi connectivity index (χ0n) is 11.0. The Kier molecular flexibility index (Phi) is 3.81. The van der Waals surface area contributed by atoms with Crippen LogP contribution < -0.4 is 0 Å². The Balaban J connectivity index is 2.48. The number of carbonyl (C=O) groups is 1. The van der Waals surface area contributed by atoms with Crippen LogP contribution in [0.1, 0.15) is 23.9 Å². The van der Waals surface area contributed by atoms with Gasteiger partial charge in [-0.05, 0) is 25.5 Å². The fraction of sp³-hybridized carbons (Fsp3) is 0.357. The van der Waals surface area contributed by atoms with E-state index in [4.69, 9.17) is 10.00 Å². The molecule has 2 aromatic heterocycles. The van der Waals surface area contributed by atoms with E-state index in [1.54, 1.807) is 6.92 Å². The van der Waals surface area contributed by atoms with Gasteiger partial charge in [0, 0.05) is 6.20 Å². The van der Waals surface area contributed by atoms with Crippen LogP contribution in [0, 0.1) is 18.3 Å². The van der Waals surface area contributed by atoms with Gasteiger partial charge in [0.25, 0.3) is 0 Å². The Morgan fingerprint density at radius 2 is 2.37 bits per heavy atom. The predicted molar refractivity (Wildman–Crippen MR) is 69.6 cm³/mol. The molecule has 0 saturated carbocycles. The zero-order valence-corrected chi connectivity index (χ0v) is 11.0.